The van der Waals surface area contributed by atoms with Crippen molar-refractivity contribution in [1.29, 1.82) is 5.26 Å². The Hall–Kier alpha value is -2.02. The molecule has 2 aromatic rings. The van der Waals surface area contributed by atoms with E-state index in [9.17, 15) is 5.11 Å². The minimum Gasteiger partial charge on any atom is -0.487 e. The molecule has 108 valence electrons. The molecule has 0 bridgehead atoms. The van der Waals surface area contributed by atoms with E-state index in [1.54, 1.807) is 31.2 Å². The summed E-state index contributed by atoms with van der Waals surface area (Å²) in [6, 6.07) is 12.8. The zero-order valence-corrected chi connectivity index (χ0v) is 12.7. The van der Waals surface area contributed by atoms with Crippen LogP contribution in [-0.4, -0.2) is 5.11 Å². The maximum Gasteiger partial charge on any atom is 0.138 e. The van der Waals surface area contributed by atoms with Crippen LogP contribution >= 0.6 is 11.6 Å². The fraction of sp³-hybridized carbons (Fsp3) is 0.235. The molecule has 2 rings (SSSR count). The first-order valence-corrected chi connectivity index (χ1v) is 6.99. The maximum atomic E-state index is 9.51. The van der Waals surface area contributed by atoms with Crippen molar-refractivity contribution in [3.63, 3.8) is 0 Å². The van der Waals surface area contributed by atoms with E-state index in [1.807, 2.05) is 19.1 Å². The molecule has 0 aliphatic heterocycles. The Morgan fingerprint density at radius 3 is 2.62 bits per heavy atom. The molecule has 0 saturated carbocycles. The number of rotatable bonds is 4. The highest BCUT2D eigenvalue weighted by atomic mass is 35.5. The molecule has 0 unspecified atom stereocenters. The molecule has 3 nitrogen and oxygen atoms in total. The highest BCUT2D eigenvalue weighted by Crippen LogP contribution is 2.28. The van der Waals surface area contributed by atoms with Gasteiger partial charge in [0.05, 0.1) is 22.8 Å². The summed E-state index contributed by atoms with van der Waals surface area (Å²) in [4.78, 5) is 0. The Morgan fingerprint density at radius 2 is 2.05 bits per heavy atom. The van der Waals surface area contributed by atoms with Gasteiger partial charge in [-0.05, 0) is 54.8 Å². The zero-order valence-electron chi connectivity index (χ0n) is 11.9. The lowest BCUT2D eigenvalue weighted by molar-refractivity contribution is 0.199. The van der Waals surface area contributed by atoms with Crippen molar-refractivity contribution in [3.05, 3.63) is 63.7 Å². The van der Waals surface area contributed by atoms with Crippen LogP contribution in [0.4, 0.5) is 0 Å². The van der Waals surface area contributed by atoms with Gasteiger partial charge in [0, 0.05) is 0 Å². The van der Waals surface area contributed by atoms with E-state index in [1.165, 1.54) is 0 Å². The van der Waals surface area contributed by atoms with Crippen LogP contribution in [0.15, 0.2) is 36.4 Å². The fourth-order valence-corrected chi connectivity index (χ4v) is 2.22. The minimum absolute atomic E-state index is 0.380. The van der Waals surface area contributed by atoms with Gasteiger partial charge in [0.2, 0.25) is 0 Å². The van der Waals surface area contributed by atoms with E-state index < -0.39 is 6.10 Å². The number of nitriles is 1. The highest BCUT2D eigenvalue weighted by Gasteiger charge is 2.08. The van der Waals surface area contributed by atoms with E-state index in [0.717, 1.165) is 16.7 Å². The van der Waals surface area contributed by atoms with Crippen molar-refractivity contribution in [3.8, 4) is 11.8 Å². The standard InChI is InChI=1S/C17H16ClNO2/c1-11-7-13(9-19)3-4-15(11)10-21-17-6-5-14(12(2)20)8-16(17)18/h3-8,12,20H,10H2,1-2H3/t12-/m0/s1. The van der Waals surface area contributed by atoms with Gasteiger partial charge in [0.15, 0.2) is 0 Å². The Balaban J connectivity index is 2.12. The van der Waals surface area contributed by atoms with E-state index in [2.05, 4.69) is 6.07 Å². The van der Waals surface area contributed by atoms with Crippen LogP contribution in [-0.2, 0) is 6.61 Å². The Labute approximate surface area is 129 Å². The average Bonchev–Trinajstić information content (AvgIpc) is 2.46. The molecule has 0 heterocycles. The lowest BCUT2D eigenvalue weighted by Gasteiger charge is -2.12. The van der Waals surface area contributed by atoms with Gasteiger partial charge in [-0.25, -0.2) is 0 Å². The normalized spacial score (nSPS) is 11.8. The first-order chi connectivity index (χ1) is 10.0. The lowest BCUT2D eigenvalue weighted by Crippen LogP contribution is -1.99. The molecule has 1 N–H and O–H groups in total. The summed E-state index contributed by atoms with van der Waals surface area (Å²) < 4.78 is 5.72. The summed E-state index contributed by atoms with van der Waals surface area (Å²) in [5, 5.41) is 18.8. The predicted molar refractivity (Wildman–Crippen MR) is 82.3 cm³/mol. The van der Waals surface area contributed by atoms with Crippen molar-refractivity contribution >= 4 is 11.6 Å². The minimum atomic E-state index is -0.558. The molecular weight excluding hydrogens is 286 g/mol. The quantitative estimate of drug-likeness (QED) is 0.923. The number of aliphatic hydroxyl groups excluding tert-OH is 1. The molecule has 0 amide bonds. The second-order valence-corrected chi connectivity index (χ2v) is 5.31. The molecule has 2 aromatic carbocycles. The molecule has 0 fully saturated rings. The van der Waals surface area contributed by atoms with Crippen LogP contribution in [0.1, 0.15) is 35.3 Å². The number of hydrogen-bond donors (Lipinski definition) is 1. The molecule has 4 heteroatoms. The van der Waals surface area contributed by atoms with Crippen molar-refractivity contribution < 1.29 is 9.84 Å². The smallest absolute Gasteiger partial charge is 0.138 e. The number of aryl methyl sites for hydroxylation is 1. The number of ether oxygens (including phenoxy) is 1. The van der Waals surface area contributed by atoms with Crippen LogP contribution in [0.2, 0.25) is 5.02 Å². The lowest BCUT2D eigenvalue weighted by atomic mass is 10.1. The zero-order chi connectivity index (χ0) is 15.4. The van der Waals surface area contributed by atoms with Crippen LogP contribution in [0.25, 0.3) is 0 Å². The number of nitrogens with zero attached hydrogens (tertiary/aromatic N) is 1. The van der Waals surface area contributed by atoms with Crippen molar-refractivity contribution in [1.82, 2.24) is 0 Å². The summed E-state index contributed by atoms with van der Waals surface area (Å²) in [5.74, 6) is 0.574. The third kappa shape index (κ3) is 3.75. The maximum absolute atomic E-state index is 9.51. The Kier molecular flexibility index (Phi) is 4.85. The number of hydrogen-bond acceptors (Lipinski definition) is 3. The van der Waals surface area contributed by atoms with Crippen molar-refractivity contribution in [2.45, 2.75) is 26.6 Å². The molecule has 0 aliphatic rings. The summed E-state index contributed by atoms with van der Waals surface area (Å²) in [6.45, 7) is 4.01. The van der Waals surface area contributed by atoms with E-state index in [4.69, 9.17) is 21.6 Å². The largest absolute Gasteiger partial charge is 0.487 e. The van der Waals surface area contributed by atoms with Gasteiger partial charge in [0.25, 0.3) is 0 Å². The third-order valence-corrected chi connectivity index (χ3v) is 3.59. The number of halogens is 1. The first-order valence-electron chi connectivity index (χ1n) is 6.61. The van der Waals surface area contributed by atoms with Gasteiger partial charge in [-0.3, -0.25) is 0 Å². The molecule has 0 aromatic heterocycles. The molecule has 1 atom stereocenters. The third-order valence-electron chi connectivity index (χ3n) is 3.29. The molecule has 0 aliphatic carbocycles. The summed E-state index contributed by atoms with van der Waals surface area (Å²) >= 11 is 6.15. The molecule has 21 heavy (non-hydrogen) atoms. The van der Waals surface area contributed by atoms with Gasteiger partial charge < -0.3 is 9.84 Å². The van der Waals surface area contributed by atoms with Crippen molar-refractivity contribution in [2.24, 2.45) is 0 Å². The van der Waals surface area contributed by atoms with E-state index in [-0.39, 0.29) is 0 Å². The van der Waals surface area contributed by atoms with Gasteiger partial charge >= 0.3 is 0 Å². The second kappa shape index (κ2) is 6.62. The van der Waals surface area contributed by atoms with Gasteiger partial charge in [-0.2, -0.15) is 5.26 Å². The topological polar surface area (TPSA) is 53.2 Å². The van der Waals surface area contributed by atoms with Crippen LogP contribution in [0.5, 0.6) is 5.75 Å². The Bertz CT molecular complexity index is 690. The first kappa shape index (κ1) is 15.4. The predicted octanol–water partition coefficient (Wildman–Crippen LogP) is 4.15. The van der Waals surface area contributed by atoms with Gasteiger partial charge in [0.1, 0.15) is 12.4 Å². The second-order valence-electron chi connectivity index (χ2n) is 4.91. The van der Waals surface area contributed by atoms with Gasteiger partial charge in [-0.15, -0.1) is 0 Å². The van der Waals surface area contributed by atoms with Gasteiger partial charge in [-0.1, -0.05) is 23.7 Å². The van der Waals surface area contributed by atoms with Crippen LogP contribution in [0.3, 0.4) is 0 Å². The summed E-state index contributed by atoms with van der Waals surface area (Å²) in [5.41, 5.74) is 3.40. The van der Waals surface area contributed by atoms with Crippen LogP contribution in [0, 0.1) is 18.3 Å². The summed E-state index contributed by atoms with van der Waals surface area (Å²) in [6.07, 6.45) is -0.558. The van der Waals surface area contributed by atoms with Crippen molar-refractivity contribution in [2.75, 3.05) is 0 Å². The monoisotopic (exact) mass is 301 g/mol. The highest BCUT2D eigenvalue weighted by molar-refractivity contribution is 6.32. The molecule has 0 spiro atoms. The SMILES string of the molecule is Cc1cc(C#N)ccc1COc1ccc([C@H](C)O)cc1Cl. The Morgan fingerprint density at radius 1 is 1.29 bits per heavy atom. The number of aliphatic hydroxyl groups is 1. The van der Waals surface area contributed by atoms with Crippen LogP contribution < -0.4 is 4.74 Å². The van der Waals surface area contributed by atoms with E-state index >= 15 is 0 Å². The van der Waals surface area contributed by atoms with E-state index in [0.29, 0.717) is 22.9 Å². The molecule has 0 radical (unpaired) electrons. The summed E-state index contributed by atoms with van der Waals surface area (Å²) in [7, 11) is 0. The number of benzene rings is 2. The average molecular weight is 302 g/mol. The molecular formula is C17H16ClNO2. The molecule has 0 saturated heterocycles. The fourth-order valence-electron chi connectivity index (χ4n) is 1.98.